The third-order valence-electron chi connectivity index (χ3n) is 6.03. The Kier molecular flexibility index (Phi) is 3.22. The van der Waals surface area contributed by atoms with E-state index in [0.717, 1.165) is 6.42 Å². The van der Waals surface area contributed by atoms with Crippen molar-refractivity contribution in [3.8, 4) is 0 Å². The van der Waals surface area contributed by atoms with Gasteiger partial charge in [0.2, 0.25) is 0 Å². The minimum Gasteiger partial charge on any atom is -0.374 e. The minimum absolute atomic E-state index is 0.382. The Hall–Kier alpha value is -0.0800. The van der Waals surface area contributed by atoms with Crippen LogP contribution in [0.4, 0.5) is 0 Å². The summed E-state index contributed by atoms with van der Waals surface area (Å²) in [5.74, 6) is 0. The number of hydrogen-bond acceptors (Lipinski definition) is 2. The second-order valence-corrected chi connectivity index (χ2v) is 7.77. The lowest BCUT2D eigenvalue weighted by Crippen LogP contribution is -2.61. The van der Waals surface area contributed by atoms with E-state index in [-0.39, 0.29) is 0 Å². The number of rotatable bonds is 2. The van der Waals surface area contributed by atoms with Crippen LogP contribution in [0.1, 0.15) is 71.6 Å². The molecule has 2 atom stereocenters. The van der Waals surface area contributed by atoms with Crippen molar-refractivity contribution in [2.75, 3.05) is 0 Å². The van der Waals surface area contributed by atoms with Gasteiger partial charge < -0.3 is 10.5 Å². The molecule has 0 aromatic carbocycles. The molecule has 0 aromatic rings. The average Bonchev–Trinajstić information content (AvgIpc) is 2.83. The fourth-order valence-electron chi connectivity index (χ4n) is 4.44. The highest BCUT2D eigenvalue weighted by Gasteiger charge is 2.55. The van der Waals surface area contributed by atoms with Crippen LogP contribution in [0, 0.1) is 10.8 Å². The van der Waals surface area contributed by atoms with Gasteiger partial charge in [0, 0.05) is 11.5 Å². The van der Waals surface area contributed by atoms with Crippen LogP contribution in [-0.2, 0) is 4.74 Å². The molecule has 3 rings (SSSR count). The summed E-state index contributed by atoms with van der Waals surface area (Å²) in [6.07, 6.45) is 12.6. The Morgan fingerprint density at radius 1 is 1.00 bits per heavy atom. The van der Waals surface area contributed by atoms with Gasteiger partial charge in [-0.2, -0.15) is 0 Å². The van der Waals surface area contributed by atoms with Crippen molar-refractivity contribution in [1.82, 2.24) is 0 Å². The largest absolute Gasteiger partial charge is 0.374 e. The van der Waals surface area contributed by atoms with Gasteiger partial charge in [0.25, 0.3) is 0 Å². The van der Waals surface area contributed by atoms with Crippen LogP contribution in [0.15, 0.2) is 0 Å². The van der Waals surface area contributed by atoms with Crippen molar-refractivity contribution in [2.24, 2.45) is 16.6 Å². The number of nitrogens with two attached hydrogens (primary N) is 1. The van der Waals surface area contributed by atoms with Gasteiger partial charge in [-0.05, 0) is 50.4 Å². The van der Waals surface area contributed by atoms with Crippen LogP contribution < -0.4 is 5.73 Å². The van der Waals surface area contributed by atoms with Crippen molar-refractivity contribution in [2.45, 2.75) is 89.9 Å². The molecular weight excluding hydrogens is 222 g/mol. The normalized spacial score (nSPS) is 38.8. The fourth-order valence-corrected chi connectivity index (χ4v) is 4.44. The summed E-state index contributed by atoms with van der Waals surface area (Å²) in [6, 6.07) is 0.421. The molecule has 0 aromatic heterocycles. The van der Waals surface area contributed by atoms with Crippen LogP contribution in [0.2, 0.25) is 0 Å². The summed E-state index contributed by atoms with van der Waals surface area (Å²) >= 11 is 0. The van der Waals surface area contributed by atoms with Crippen molar-refractivity contribution in [3.05, 3.63) is 0 Å². The van der Waals surface area contributed by atoms with Crippen molar-refractivity contribution >= 4 is 0 Å². The van der Waals surface area contributed by atoms with Gasteiger partial charge in [-0.15, -0.1) is 0 Å². The van der Waals surface area contributed by atoms with Gasteiger partial charge in [-0.3, -0.25) is 0 Å². The maximum absolute atomic E-state index is 6.45. The summed E-state index contributed by atoms with van der Waals surface area (Å²) in [5.41, 5.74) is 7.20. The van der Waals surface area contributed by atoms with Gasteiger partial charge in [-0.1, -0.05) is 26.7 Å². The molecule has 1 spiro atoms. The Morgan fingerprint density at radius 2 is 1.61 bits per heavy atom. The quantitative estimate of drug-likeness (QED) is 0.813. The molecular formula is C16H29NO. The van der Waals surface area contributed by atoms with E-state index in [1.807, 2.05) is 0 Å². The lowest BCUT2D eigenvalue weighted by Gasteiger charge is -2.54. The maximum atomic E-state index is 6.45. The van der Waals surface area contributed by atoms with Gasteiger partial charge >= 0.3 is 0 Å². The Balaban J connectivity index is 1.55. The van der Waals surface area contributed by atoms with Gasteiger partial charge in [0.15, 0.2) is 0 Å². The average molecular weight is 251 g/mol. The molecule has 2 nitrogen and oxygen atoms in total. The first-order chi connectivity index (χ1) is 8.52. The van der Waals surface area contributed by atoms with E-state index in [1.165, 1.54) is 51.4 Å². The molecule has 2 unspecified atom stereocenters. The molecule has 18 heavy (non-hydrogen) atoms. The van der Waals surface area contributed by atoms with E-state index in [1.54, 1.807) is 0 Å². The second kappa shape index (κ2) is 4.49. The van der Waals surface area contributed by atoms with Crippen LogP contribution >= 0.6 is 0 Å². The standard InChI is InChI=1S/C16H29NO/c1-15(2)9-5-12(6-10-15)18-14-11-13(17)16(14)7-3-4-8-16/h12-14H,3-11,17H2,1-2H3. The molecule has 0 saturated heterocycles. The number of hydrogen-bond donors (Lipinski definition) is 1. The lowest BCUT2D eigenvalue weighted by molar-refractivity contribution is -0.163. The summed E-state index contributed by atoms with van der Waals surface area (Å²) in [7, 11) is 0. The van der Waals surface area contributed by atoms with E-state index >= 15 is 0 Å². The first-order valence-electron chi connectivity index (χ1n) is 7.93. The smallest absolute Gasteiger partial charge is 0.0664 e. The highest BCUT2D eigenvalue weighted by molar-refractivity contribution is 5.09. The SMILES string of the molecule is CC1(C)CCC(OC2CC(N)C23CCCC3)CC1. The van der Waals surface area contributed by atoms with E-state index in [4.69, 9.17) is 10.5 Å². The molecule has 0 bridgehead atoms. The molecule has 3 aliphatic carbocycles. The summed E-state index contributed by atoms with van der Waals surface area (Å²) in [5, 5.41) is 0. The lowest BCUT2D eigenvalue weighted by atomic mass is 9.61. The summed E-state index contributed by atoms with van der Waals surface area (Å²) in [6.45, 7) is 4.78. The predicted molar refractivity (Wildman–Crippen MR) is 74.4 cm³/mol. The molecule has 3 fully saturated rings. The molecule has 2 N–H and O–H groups in total. The summed E-state index contributed by atoms with van der Waals surface area (Å²) in [4.78, 5) is 0. The molecule has 3 saturated carbocycles. The molecule has 2 heteroatoms. The van der Waals surface area contributed by atoms with Crippen molar-refractivity contribution in [3.63, 3.8) is 0 Å². The van der Waals surface area contributed by atoms with Gasteiger partial charge in [0.05, 0.1) is 12.2 Å². The summed E-state index contributed by atoms with van der Waals surface area (Å²) < 4.78 is 6.45. The molecule has 0 heterocycles. The zero-order chi connectivity index (χ0) is 12.8. The van der Waals surface area contributed by atoms with Gasteiger partial charge in [-0.25, -0.2) is 0 Å². The first kappa shape index (κ1) is 12.9. The zero-order valence-corrected chi connectivity index (χ0v) is 12.1. The minimum atomic E-state index is 0.382. The third kappa shape index (κ3) is 2.12. The molecule has 104 valence electrons. The topological polar surface area (TPSA) is 35.2 Å². The monoisotopic (exact) mass is 251 g/mol. The van der Waals surface area contributed by atoms with Crippen LogP contribution in [0.25, 0.3) is 0 Å². The second-order valence-electron chi connectivity index (χ2n) is 7.77. The maximum Gasteiger partial charge on any atom is 0.0664 e. The molecule has 0 aliphatic heterocycles. The highest BCUT2D eigenvalue weighted by Crippen LogP contribution is 2.54. The van der Waals surface area contributed by atoms with Gasteiger partial charge in [0.1, 0.15) is 0 Å². The van der Waals surface area contributed by atoms with E-state index < -0.39 is 0 Å². The molecule has 0 radical (unpaired) electrons. The van der Waals surface area contributed by atoms with E-state index in [9.17, 15) is 0 Å². The van der Waals surface area contributed by atoms with Crippen LogP contribution in [0.3, 0.4) is 0 Å². The fraction of sp³-hybridized carbons (Fsp3) is 1.00. The Morgan fingerprint density at radius 3 is 2.17 bits per heavy atom. The van der Waals surface area contributed by atoms with E-state index in [2.05, 4.69) is 13.8 Å². The third-order valence-corrected chi connectivity index (χ3v) is 6.03. The van der Waals surface area contributed by atoms with Crippen molar-refractivity contribution < 1.29 is 4.74 Å². The van der Waals surface area contributed by atoms with Crippen LogP contribution in [0.5, 0.6) is 0 Å². The Labute approximate surface area is 112 Å². The van der Waals surface area contributed by atoms with E-state index in [0.29, 0.717) is 29.1 Å². The first-order valence-corrected chi connectivity index (χ1v) is 7.93. The molecule has 3 aliphatic rings. The molecule has 0 amide bonds. The van der Waals surface area contributed by atoms with Crippen molar-refractivity contribution in [1.29, 1.82) is 0 Å². The van der Waals surface area contributed by atoms with Crippen LogP contribution in [-0.4, -0.2) is 18.2 Å². The Bertz CT molecular complexity index is 296. The highest BCUT2D eigenvalue weighted by atomic mass is 16.5. The number of ether oxygens (including phenoxy) is 1. The zero-order valence-electron chi connectivity index (χ0n) is 12.1. The predicted octanol–water partition coefficient (Wildman–Crippen LogP) is 3.63.